The summed E-state index contributed by atoms with van der Waals surface area (Å²) in [6.45, 7) is 1.05. The van der Waals surface area contributed by atoms with Gasteiger partial charge in [-0.2, -0.15) is 0 Å². The highest BCUT2D eigenvalue weighted by Gasteiger charge is 2.20. The van der Waals surface area contributed by atoms with E-state index in [9.17, 15) is 13.6 Å². The topological polar surface area (TPSA) is 58.4 Å². The van der Waals surface area contributed by atoms with Crippen molar-refractivity contribution in [1.82, 2.24) is 5.32 Å². The molecule has 2 aromatic rings. The molecule has 1 aliphatic heterocycles. The average molecular weight is 331 g/mol. The first-order valence-corrected chi connectivity index (χ1v) is 7.87. The number of hydrogen-bond acceptors (Lipinski definition) is 3. The van der Waals surface area contributed by atoms with Gasteiger partial charge in [0.2, 0.25) is 5.91 Å². The number of nitrogens with two attached hydrogens (primary N) is 1. The van der Waals surface area contributed by atoms with Crippen molar-refractivity contribution in [3.8, 4) is 0 Å². The molecule has 24 heavy (non-hydrogen) atoms. The number of rotatable bonds is 4. The summed E-state index contributed by atoms with van der Waals surface area (Å²) in [5.74, 6) is -1.51. The third-order valence-corrected chi connectivity index (χ3v) is 4.13. The summed E-state index contributed by atoms with van der Waals surface area (Å²) < 4.78 is 26.3. The van der Waals surface area contributed by atoms with Crippen molar-refractivity contribution in [3.63, 3.8) is 0 Å². The number of nitrogen functional groups attached to an aromatic ring is 1. The second-order valence-electron chi connectivity index (χ2n) is 5.92. The fraction of sp³-hybridized carbons (Fsp3) is 0.278. The van der Waals surface area contributed by atoms with E-state index in [1.165, 1.54) is 12.1 Å². The summed E-state index contributed by atoms with van der Waals surface area (Å²) >= 11 is 0. The van der Waals surface area contributed by atoms with Crippen LogP contribution in [-0.2, 0) is 17.8 Å². The summed E-state index contributed by atoms with van der Waals surface area (Å²) in [4.78, 5) is 14.2. The molecule has 2 aromatic carbocycles. The van der Waals surface area contributed by atoms with Gasteiger partial charge in [0.25, 0.3) is 0 Å². The highest BCUT2D eigenvalue weighted by atomic mass is 19.1. The van der Waals surface area contributed by atoms with E-state index in [1.807, 2.05) is 23.1 Å². The molecule has 0 atom stereocenters. The van der Waals surface area contributed by atoms with Gasteiger partial charge in [-0.15, -0.1) is 0 Å². The first kappa shape index (κ1) is 16.2. The Morgan fingerprint density at radius 3 is 2.71 bits per heavy atom. The zero-order chi connectivity index (χ0) is 17.1. The van der Waals surface area contributed by atoms with Crippen LogP contribution in [0.1, 0.15) is 17.5 Å². The van der Waals surface area contributed by atoms with Gasteiger partial charge >= 0.3 is 0 Å². The summed E-state index contributed by atoms with van der Waals surface area (Å²) in [5, 5.41) is 2.70. The Morgan fingerprint density at radius 2 is 1.96 bits per heavy atom. The first-order chi connectivity index (χ1) is 11.5. The second kappa shape index (κ2) is 6.86. The Morgan fingerprint density at radius 1 is 1.21 bits per heavy atom. The number of carbonyl (C=O) groups is 1. The molecule has 0 aliphatic carbocycles. The van der Waals surface area contributed by atoms with Crippen LogP contribution in [0.2, 0.25) is 0 Å². The van der Waals surface area contributed by atoms with E-state index in [2.05, 4.69) is 5.32 Å². The zero-order valence-electron chi connectivity index (χ0n) is 13.2. The van der Waals surface area contributed by atoms with E-state index in [4.69, 9.17) is 5.73 Å². The lowest BCUT2D eigenvalue weighted by Crippen LogP contribution is -2.39. The number of anilines is 2. The van der Waals surface area contributed by atoms with Crippen LogP contribution >= 0.6 is 0 Å². The molecule has 1 heterocycles. The Balaban J connectivity index is 1.63. The zero-order valence-corrected chi connectivity index (χ0v) is 13.2. The number of hydrogen-bond donors (Lipinski definition) is 2. The van der Waals surface area contributed by atoms with E-state index in [0.29, 0.717) is 5.56 Å². The largest absolute Gasteiger partial charge is 0.398 e. The number of fused-ring (bicyclic) bond motifs is 1. The predicted octanol–water partition coefficient (Wildman–Crippen LogP) is 2.62. The SMILES string of the molecule is Nc1cccc2c1CCCN2CC(=O)NCc1cc(F)cc(F)c1. The third-order valence-electron chi connectivity index (χ3n) is 4.13. The molecular formula is C18H19F2N3O. The molecule has 4 nitrogen and oxygen atoms in total. The number of amides is 1. The molecule has 0 radical (unpaired) electrons. The van der Waals surface area contributed by atoms with E-state index in [1.54, 1.807) is 0 Å². The minimum atomic E-state index is -0.653. The molecule has 0 saturated carbocycles. The van der Waals surface area contributed by atoms with E-state index >= 15 is 0 Å². The lowest BCUT2D eigenvalue weighted by Gasteiger charge is -2.31. The van der Waals surface area contributed by atoms with Gasteiger partial charge in [0.15, 0.2) is 0 Å². The summed E-state index contributed by atoms with van der Waals surface area (Å²) in [6.07, 6.45) is 1.84. The monoisotopic (exact) mass is 331 g/mol. The first-order valence-electron chi connectivity index (χ1n) is 7.87. The Bertz CT molecular complexity index is 744. The molecule has 126 valence electrons. The molecule has 0 spiro atoms. The highest BCUT2D eigenvalue weighted by Crippen LogP contribution is 2.30. The maximum absolute atomic E-state index is 13.2. The molecule has 1 aliphatic rings. The van der Waals surface area contributed by atoms with Gasteiger partial charge in [0.1, 0.15) is 11.6 Å². The van der Waals surface area contributed by atoms with E-state index < -0.39 is 11.6 Å². The average Bonchev–Trinajstić information content (AvgIpc) is 2.53. The van der Waals surface area contributed by atoms with Gasteiger partial charge < -0.3 is 16.0 Å². The standard InChI is InChI=1S/C18H19F2N3O/c19-13-7-12(8-14(20)9-13)10-22-18(24)11-23-6-2-3-15-16(21)4-1-5-17(15)23/h1,4-5,7-9H,2-3,6,10-11,21H2,(H,22,24). The Labute approximate surface area is 139 Å². The lowest BCUT2D eigenvalue weighted by atomic mass is 10.00. The van der Waals surface area contributed by atoms with Crippen LogP contribution in [0.5, 0.6) is 0 Å². The normalized spacial score (nSPS) is 13.5. The van der Waals surface area contributed by atoms with Crippen LogP contribution in [0.3, 0.4) is 0 Å². The van der Waals surface area contributed by atoms with Crippen LogP contribution in [0.15, 0.2) is 36.4 Å². The molecule has 6 heteroatoms. The summed E-state index contributed by atoms with van der Waals surface area (Å²) in [5.41, 5.74) is 9.19. The third kappa shape index (κ3) is 3.64. The van der Waals surface area contributed by atoms with Crippen molar-refractivity contribution in [2.75, 3.05) is 23.7 Å². The molecular weight excluding hydrogens is 312 g/mol. The number of halogens is 2. The fourth-order valence-electron chi connectivity index (χ4n) is 3.03. The number of benzene rings is 2. The van der Waals surface area contributed by atoms with Crippen LogP contribution in [-0.4, -0.2) is 19.0 Å². The van der Waals surface area contributed by atoms with E-state index in [-0.39, 0.29) is 19.0 Å². The number of nitrogens with one attached hydrogen (secondary N) is 1. The van der Waals surface area contributed by atoms with Gasteiger partial charge in [0.05, 0.1) is 6.54 Å². The Hall–Kier alpha value is -2.63. The second-order valence-corrected chi connectivity index (χ2v) is 5.92. The van der Waals surface area contributed by atoms with Gasteiger partial charge in [-0.3, -0.25) is 4.79 Å². The fourth-order valence-corrected chi connectivity index (χ4v) is 3.03. The smallest absolute Gasteiger partial charge is 0.239 e. The number of carbonyl (C=O) groups excluding carboxylic acids is 1. The maximum Gasteiger partial charge on any atom is 0.239 e. The quantitative estimate of drug-likeness (QED) is 0.847. The summed E-state index contributed by atoms with van der Waals surface area (Å²) in [6, 6.07) is 8.92. The van der Waals surface area contributed by atoms with Crippen molar-refractivity contribution >= 4 is 17.3 Å². The van der Waals surface area contributed by atoms with Crippen LogP contribution in [0, 0.1) is 11.6 Å². The Kier molecular flexibility index (Phi) is 4.64. The van der Waals surface area contributed by atoms with Crippen molar-refractivity contribution in [2.45, 2.75) is 19.4 Å². The van der Waals surface area contributed by atoms with Crippen molar-refractivity contribution in [1.29, 1.82) is 0 Å². The molecule has 0 saturated heterocycles. The maximum atomic E-state index is 13.2. The van der Waals surface area contributed by atoms with Gasteiger partial charge in [-0.05, 0) is 48.2 Å². The van der Waals surface area contributed by atoms with Crippen molar-refractivity contribution in [2.24, 2.45) is 0 Å². The van der Waals surface area contributed by atoms with Crippen molar-refractivity contribution < 1.29 is 13.6 Å². The summed E-state index contributed by atoms with van der Waals surface area (Å²) in [7, 11) is 0. The van der Waals surface area contributed by atoms with E-state index in [0.717, 1.165) is 42.4 Å². The molecule has 1 amide bonds. The van der Waals surface area contributed by atoms with Crippen LogP contribution in [0.4, 0.5) is 20.2 Å². The van der Waals surface area contributed by atoms with Crippen LogP contribution in [0.25, 0.3) is 0 Å². The predicted molar refractivity (Wildman–Crippen MR) is 89.6 cm³/mol. The van der Waals surface area contributed by atoms with Crippen LogP contribution < -0.4 is 16.0 Å². The minimum absolute atomic E-state index is 0.0884. The lowest BCUT2D eigenvalue weighted by molar-refractivity contribution is -0.119. The molecule has 0 aromatic heterocycles. The number of nitrogens with zero attached hydrogens (tertiary/aromatic N) is 1. The van der Waals surface area contributed by atoms with Gasteiger partial charge in [0, 0.05) is 30.5 Å². The van der Waals surface area contributed by atoms with Gasteiger partial charge in [-0.25, -0.2) is 8.78 Å². The molecule has 3 N–H and O–H groups in total. The molecule has 0 bridgehead atoms. The molecule has 3 rings (SSSR count). The molecule has 0 fully saturated rings. The minimum Gasteiger partial charge on any atom is -0.398 e. The molecule has 0 unspecified atom stereocenters. The highest BCUT2D eigenvalue weighted by molar-refractivity contribution is 5.82. The van der Waals surface area contributed by atoms with Gasteiger partial charge in [-0.1, -0.05) is 6.07 Å². The van der Waals surface area contributed by atoms with Crippen molar-refractivity contribution in [3.05, 3.63) is 59.2 Å².